The third kappa shape index (κ3) is 2.05. The van der Waals surface area contributed by atoms with Gasteiger partial charge in [-0.05, 0) is 35.6 Å². The van der Waals surface area contributed by atoms with Crippen LogP contribution in [0.25, 0.3) is 5.65 Å². The molecule has 3 heterocycles. The van der Waals surface area contributed by atoms with E-state index in [-0.39, 0.29) is 5.82 Å². The lowest BCUT2D eigenvalue weighted by Gasteiger charge is -2.01. The van der Waals surface area contributed by atoms with E-state index in [2.05, 4.69) is 15.2 Å². The summed E-state index contributed by atoms with van der Waals surface area (Å²) in [6, 6.07) is 5.28. The molecule has 8 nitrogen and oxygen atoms in total. The Morgan fingerprint density at radius 3 is 2.91 bits per heavy atom. The molecule has 1 saturated carbocycles. The molecule has 0 N–H and O–H groups in total. The average molecular weight is 316 g/mol. The van der Waals surface area contributed by atoms with E-state index in [1.54, 1.807) is 24.4 Å². The van der Waals surface area contributed by atoms with Crippen molar-refractivity contribution in [2.24, 2.45) is 7.05 Å². The predicted molar refractivity (Wildman–Crippen MR) is 78.9 cm³/mol. The highest BCUT2D eigenvalue weighted by atomic mass is 32.2. The quantitative estimate of drug-likeness (QED) is 0.542. The SMILES string of the molecule is Cn1c(Sc2nc3ccccn3c2[N+](=O)[O-])nnc1C1CC1. The highest BCUT2D eigenvalue weighted by Crippen LogP contribution is 2.41. The Bertz CT molecular complexity index is 882. The molecular formula is C13H12N6O2S. The summed E-state index contributed by atoms with van der Waals surface area (Å²) in [6.45, 7) is 0. The van der Waals surface area contributed by atoms with Crippen LogP contribution in [0.4, 0.5) is 5.82 Å². The van der Waals surface area contributed by atoms with E-state index >= 15 is 0 Å². The van der Waals surface area contributed by atoms with Crippen molar-refractivity contribution in [3.8, 4) is 0 Å². The lowest BCUT2D eigenvalue weighted by atomic mass is 10.4. The number of aromatic nitrogens is 5. The molecule has 9 heteroatoms. The van der Waals surface area contributed by atoms with Crippen LogP contribution in [-0.4, -0.2) is 29.1 Å². The first-order chi connectivity index (χ1) is 10.6. The number of fused-ring (bicyclic) bond motifs is 1. The monoisotopic (exact) mass is 316 g/mol. The summed E-state index contributed by atoms with van der Waals surface area (Å²) >= 11 is 1.18. The fourth-order valence-electron chi connectivity index (χ4n) is 2.39. The first-order valence-electron chi connectivity index (χ1n) is 6.84. The number of hydrogen-bond acceptors (Lipinski definition) is 6. The molecule has 0 amide bonds. The van der Waals surface area contributed by atoms with Gasteiger partial charge in [-0.15, -0.1) is 10.2 Å². The number of pyridine rings is 1. The van der Waals surface area contributed by atoms with E-state index in [1.165, 1.54) is 16.2 Å². The molecule has 0 bridgehead atoms. The molecule has 0 radical (unpaired) electrons. The van der Waals surface area contributed by atoms with Gasteiger partial charge in [0.15, 0.2) is 5.16 Å². The normalized spacial score (nSPS) is 14.6. The highest BCUT2D eigenvalue weighted by molar-refractivity contribution is 7.99. The third-order valence-electron chi connectivity index (χ3n) is 3.65. The second kappa shape index (κ2) is 4.80. The van der Waals surface area contributed by atoms with Crippen molar-refractivity contribution in [3.05, 3.63) is 40.3 Å². The van der Waals surface area contributed by atoms with E-state index in [9.17, 15) is 10.1 Å². The molecule has 0 unspecified atom stereocenters. The molecule has 4 rings (SSSR count). The average Bonchev–Trinajstić information content (AvgIpc) is 3.17. The van der Waals surface area contributed by atoms with Crippen LogP contribution in [0.2, 0.25) is 0 Å². The molecule has 1 fully saturated rings. The number of imidazole rings is 1. The van der Waals surface area contributed by atoms with Gasteiger partial charge in [-0.3, -0.25) is 0 Å². The standard InChI is InChI=1S/C13H12N6O2S/c1-17-10(8-5-6-8)15-16-13(17)22-11-12(19(20)21)18-7-3-2-4-9(18)14-11/h2-4,7-8H,5-6H2,1H3. The lowest BCUT2D eigenvalue weighted by molar-refractivity contribution is -0.393. The molecule has 0 atom stereocenters. The van der Waals surface area contributed by atoms with Gasteiger partial charge < -0.3 is 14.7 Å². The summed E-state index contributed by atoms with van der Waals surface area (Å²) < 4.78 is 3.37. The maximum atomic E-state index is 11.4. The van der Waals surface area contributed by atoms with E-state index in [4.69, 9.17) is 0 Å². The molecule has 0 saturated heterocycles. The predicted octanol–water partition coefficient (Wildman–Crippen LogP) is 2.40. The van der Waals surface area contributed by atoms with Crippen LogP contribution < -0.4 is 0 Å². The van der Waals surface area contributed by atoms with Gasteiger partial charge in [-0.2, -0.15) is 9.38 Å². The third-order valence-corrected chi connectivity index (χ3v) is 4.65. The van der Waals surface area contributed by atoms with Crippen molar-refractivity contribution in [2.45, 2.75) is 28.9 Å². The molecule has 0 aromatic carbocycles. The van der Waals surface area contributed by atoms with Gasteiger partial charge in [0, 0.05) is 19.0 Å². The largest absolute Gasteiger partial charge is 0.362 e. The molecular weight excluding hydrogens is 304 g/mol. The van der Waals surface area contributed by atoms with E-state index < -0.39 is 4.92 Å². The van der Waals surface area contributed by atoms with Gasteiger partial charge in [-0.25, -0.2) is 0 Å². The van der Waals surface area contributed by atoms with Crippen LogP contribution in [0.3, 0.4) is 0 Å². The number of hydrogen-bond donors (Lipinski definition) is 0. The molecule has 0 aliphatic heterocycles. The summed E-state index contributed by atoms with van der Waals surface area (Å²) in [7, 11) is 1.89. The van der Waals surface area contributed by atoms with E-state index in [0.29, 0.717) is 21.7 Å². The Kier molecular flexibility index (Phi) is 2.89. The van der Waals surface area contributed by atoms with Gasteiger partial charge in [-0.1, -0.05) is 6.07 Å². The fraction of sp³-hybridized carbons (Fsp3) is 0.308. The summed E-state index contributed by atoms with van der Waals surface area (Å²) in [6.07, 6.45) is 3.90. The first-order valence-corrected chi connectivity index (χ1v) is 7.65. The van der Waals surface area contributed by atoms with Crippen molar-refractivity contribution >= 4 is 23.2 Å². The van der Waals surface area contributed by atoms with Crippen molar-refractivity contribution in [1.29, 1.82) is 0 Å². The highest BCUT2D eigenvalue weighted by Gasteiger charge is 2.31. The van der Waals surface area contributed by atoms with Crippen LogP contribution in [0, 0.1) is 10.1 Å². The first kappa shape index (κ1) is 13.3. The van der Waals surface area contributed by atoms with Crippen molar-refractivity contribution < 1.29 is 4.92 Å². The molecule has 0 spiro atoms. The zero-order valence-electron chi connectivity index (χ0n) is 11.7. The van der Waals surface area contributed by atoms with E-state index in [1.807, 2.05) is 11.6 Å². The lowest BCUT2D eigenvalue weighted by Crippen LogP contribution is -1.98. The Morgan fingerprint density at radius 1 is 1.36 bits per heavy atom. The van der Waals surface area contributed by atoms with Gasteiger partial charge in [0.1, 0.15) is 5.82 Å². The Labute approximate surface area is 129 Å². The van der Waals surface area contributed by atoms with Gasteiger partial charge in [0.25, 0.3) is 0 Å². The van der Waals surface area contributed by atoms with Crippen LogP contribution in [0.15, 0.2) is 34.6 Å². The number of nitro groups is 1. The topological polar surface area (TPSA) is 91.2 Å². The Morgan fingerprint density at radius 2 is 2.18 bits per heavy atom. The fourth-order valence-corrected chi connectivity index (χ4v) is 3.28. The minimum Gasteiger partial charge on any atom is -0.358 e. The van der Waals surface area contributed by atoms with Gasteiger partial charge in [0.05, 0.1) is 6.20 Å². The zero-order valence-corrected chi connectivity index (χ0v) is 12.5. The molecule has 3 aromatic heterocycles. The second-order valence-corrected chi connectivity index (χ2v) is 6.16. The Hall–Kier alpha value is -2.42. The molecule has 1 aliphatic carbocycles. The summed E-state index contributed by atoms with van der Waals surface area (Å²) in [5.74, 6) is 1.37. The maximum Gasteiger partial charge on any atom is 0.362 e. The maximum absolute atomic E-state index is 11.4. The van der Waals surface area contributed by atoms with E-state index in [0.717, 1.165) is 18.7 Å². The minimum atomic E-state index is -0.416. The molecule has 3 aromatic rings. The van der Waals surface area contributed by atoms with Crippen LogP contribution in [0.5, 0.6) is 0 Å². The van der Waals surface area contributed by atoms with Gasteiger partial charge >= 0.3 is 5.82 Å². The minimum absolute atomic E-state index is 0.0448. The summed E-state index contributed by atoms with van der Waals surface area (Å²) in [4.78, 5) is 15.3. The smallest absolute Gasteiger partial charge is 0.358 e. The molecule has 22 heavy (non-hydrogen) atoms. The summed E-state index contributed by atoms with van der Waals surface area (Å²) in [5, 5.41) is 20.7. The second-order valence-electron chi connectivity index (χ2n) is 5.20. The van der Waals surface area contributed by atoms with Crippen LogP contribution in [0.1, 0.15) is 24.6 Å². The van der Waals surface area contributed by atoms with Crippen molar-refractivity contribution in [3.63, 3.8) is 0 Å². The zero-order chi connectivity index (χ0) is 15.3. The van der Waals surface area contributed by atoms with Crippen molar-refractivity contribution in [2.75, 3.05) is 0 Å². The molecule has 112 valence electrons. The molecule has 1 aliphatic rings. The number of rotatable bonds is 4. The van der Waals surface area contributed by atoms with Gasteiger partial charge in [0.2, 0.25) is 10.7 Å². The number of nitrogens with zero attached hydrogens (tertiary/aromatic N) is 6. The summed E-state index contributed by atoms with van der Waals surface area (Å²) in [5.41, 5.74) is 0.543. The Balaban J connectivity index is 1.78. The van der Waals surface area contributed by atoms with Crippen molar-refractivity contribution in [1.82, 2.24) is 24.1 Å². The van der Waals surface area contributed by atoms with Crippen LogP contribution in [-0.2, 0) is 7.05 Å². The van der Waals surface area contributed by atoms with Crippen LogP contribution >= 0.6 is 11.8 Å².